The number of carbonyl (C=O) groups excluding carboxylic acids is 2. The number of esters is 2. The predicted molar refractivity (Wildman–Crippen MR) is 149 cm³/mol. The van der Waals surface area contributed by atoms with Crippen LogP contribution in [0.15, 0.2) is 42.5 Å². The van der Waals surface area contributed by atoms with Gasteiger partial charge in [-0.2, -0.15) is 0 Å². The van der Waals surface area contributed by atoms with Crippen LogP contribution in [-0.2, 0) is 25.5 Å². The van der Waals surface area contributed by atoms with Gasteiger partial charge >= 0.3 is 11.9 Å². The van der Waals surface area contributed by atoms with Crippen LogP contribution in [0.3, 0.4) is 0 Å². The van der Waals surface area contributed by atoms with Crippen molar-refractivity contribution in [3.63, 3.8) is 0 Å². The summed E-state index contributed by atoms with van der Waals surface area (Å²) < 4.78 is 24.0. The van der Waals surface area contributed by atoms with Gasteiger partial charge in [-0.1, -0.05) is 39.1 Å². The van der Waals surface area contributed by atoms with Crippen LogP contribution < -0.4 is 9.47 Å². The summed E-state index contributed by atoms with van der Waals surface area (Å²) in [5.74, 6) is 2.16. The van der Waals surface area contributed by atoms with E-state index in [9.17, 15) is 9.59 Å². The maximum atomic E-state index is 12.0. The second-order valence-electron chi connectivity index (χ2n) is 11.0. The summed E-state index contributed by atoms with van der Waals surface area (Å²) in [5.41, 5.74) is 4.37. The molecule has 6 heteroatoms. The first-order chi connectivity index (χ1) is 18.0. The molecule has 1 saturated carbocycles. The van der Waals surface area contributed by atoms with E-state index in [0.29, 0.717) is 28.9 Å². The molecule has 0 saturated heterocycles. The Morgan fingerprint density at radius 3 is 1.79 bits per heavy atom. The van der Waals surface area contributed by atoms with Gasteiger partial charge in [0.15, 0.2) is 0 Å². The van der Waals surface area contributed by atoms with Crippen molar-refractivity contribution in [2.45, 2.75) is 84.8 Å². The number of hydrogen-bond acceptors (Lipinski definition) is 6. The molecular weight excluding hydrogens is 480 g/mol. The van der Waals surface area contributed by atoms with E-state index in [0.717, 1.165) is 41.5 Å². The Morgan fingerprint density at radius 2 is 1.34 bits per heavy atom. The first-order valence-electron chi connectivity index (χ1n) is 13.6. The van der Waals surface area contributed by atoms with Gasteiger partial charge in [0.25, 0.3) is 0 Å². The number of fused-ring (bicyclic) bond motifs is 6. The number of hydrogen-bond donors (Lipinski definition) is 0. The topological polar surface area (TPSA) is 71.1 Å². The Kier molecular flexibility index (Phi) is 8.19. The lowest BCUT2D eigenvalue weighted by Gasteiger charge is -2.27. The zero-order chi connectivity index (χ0) is 27.7. The van der Waals surface area contributed by atoms with E-state index in [1.165, 1.54) is 16.7 Å². The molecule has 204 valence electrons. The summed E-state index contributed by atoms with van der Waals surface area (Å²) in [6.45, 7) is 19.2. The highest BCUT2D eigenvalue weighted by molar-refractivity contribution is 5.97. The molecule has 2 aromatic rings. The van der Waals surface area contributed by atoms with Crippen LogP contribution in [0.4, 0.5) is 0 Å². The second kappa shape index (κ2) is 11.2. The molecule has 2 bridgehead atoms. The lowest BCUT2D eigenvalue weighted by Crippen LogP contribution is -2.24. The highest BCUT2D eigenvalue weighted by Gasteiger charge is 2.48. The SMILES string of the molecule is C=C(C)C(=O)OC(C)COc1c2c(c(OCC(C)OC(=O)C(=C)C)c3cc(CC)ccc13)C1CCC2C1C. The predicted octanol–water partition coefficient (Wildman–Crippen LogP) is 6.79. The average molecular weight is 521 g/mol. The number of benzene rings is 2. The molecule has 0 N–H and O–H groups in total. The maximum Gasteiger partial charge on any atom is 0.333 e. The van der Waals surface area contributed by atoms with Gasteiger partial charge in [-0.05, 0) is 76.3 Å². The molecule has 1 fully saturated rings. The van der Waals surface area contributed by atoms with E-state index in [4.69, 9.17) is 18.9 Å². The summed E-state index contributed by atoms with van der Waals surface area (Å²) in [6.07, 6.45) is 2.28. The minimum atomic E-state index is -0.421. The summed E-state index contributed by atoms with van der Waals surface area (Å²) in [6, 6.07) is 6.43. The first kappa shape index (κ1) is 27.7. The molecule has 38 heavy (non-hydrogen) atoms. The summed E-state index contributed by atoms with van der Waals surface area (Å²) in [5, 5.41) is 1.99. The molecular formula is C32H40O6. The van der Waals surface area contributed by atoms with Gasteiger partial charge < -0.3 is 18.9 Å². The van der Waals surface area contributed by atoms with Crippen molar-refractivity contribution < 1.29 is 28.5 Å². The third kappa shape index (κ3) is 5.31. The van der Waals surface area contributed by atoms with Gasteiger partial charge in [0.1, 0.15) is 36.9 Å². The maximum absolute atomic E-state index is 12.0. The van der Waals surface area contributed by atoms with E-state index >= 15 is 0 Å². The molecule has 2 aliphatic rings. The quantitative estimate of drug-likeness (QED) is 0.240. The Labute approximate surface area is 226 Å². The molecule has 0 radical (unpaired) electrons. The standard InChI is InChI=1S/C32H40O6/c1-9-22-10-11-25-26(14-22)30(36-16-20(7)38-32(34)18(4)5)28-24-13-12-23(21(24)8)27(28)29(25)35-15-19(6)37-31(33)17(2)3/h10-11,14,19-21,23-24H,2,4,9,12-13,15-16H2,1,3,5-8H3. The van der Waals surface area contributed by atoms with Crippen molar-refractivity contribution in [1.82, 2.24) is 0 Å². The van der Waals surface area contributed by atoms with Crippen molar-refractivity contribution in [3.8, 4) is 11.5 Å². The van der Waals surface area contributed by atoms with Crippen LogP contribution in [0.25, 0.3) is 10.8 Å². The molecule has 2 aliphatic carbocycles. The van der Waals surface area contributed by atoms with Crippen molar-refractivity contribution in [2.24, 2.45) is 5.92 Å². The van der Waals surface area contributed by atoms with Gasteiger partial charge in [-0.15, -0.1) is 0 Å². The molecule has 6 nitrogen and oxygen atoms in total. The molecule has 5 unspecified atom stereocenters. The highest BCUT2D eigenvalue weighted by Crippen LogP contribution is 2.63. The van der Waals surface area contributed by atoms with Crippen LogP contribution in [0, 0.1) is 5.92 Å². The second-order valence-corrected chi connectivity index (χ2v) is 11.0. The van der Waals surface area contributed by atoms with E-state index in [-0.39, 0.29) is 13.2 Å². The summed E-state index contributed by atoms with van der Waals surface area (Å²) in [7, 11) is 0. The van der Waals surface area contributed by atoms with Crippen LogP contribution in [-0.4, -0.2) is 37.4 Å². The number of aryl methyl sites for hydroxylation is 1. The van der Waals surface area contributed by atoms with E-state index in [2.05, 4.69) is 45.2 Å². The zero-order valence-electron chi connectivity index (χ0n) is 23.5. The third-order valence-electron chi connectivity index (χ3n) is 7.80. The molecule has 0 aliphatic heterocycles. The van der Waals surface area contributed by atoms with Crippen molar-refractivity contribution in [2.75, 3.05) is 13.2 Å². The smallest absolute Gasteiger partial charge is 0.333 e. The Balaban J connectivity index is 1.74. The Hall–Kier alpha value is -3.28. The molecule has 4 rings (SSSR count). The molecule has 2 aromatic carbocycles. The number of rotatable bonds is 11. The summed E-state index contributed by atoms with van der Waals surface area (Å²) >= 11 is 0. The summed E-state index contributed by atoms with van der Waals surface area (Å²) in [4.78, 5) is 24.1. The monoisotopic (exact) mass is 520 g/mol. The molecule has 0 aromatic heterocycles. The van der Waals surface area contributed by atoms with Crippen LogP contribution in [0.5, 0.6) is 11.5 Å². The van der Waals surface area contributed by atoms with Crippen molar-refractivity contribution in [1.29, 1.82) is 0 Å². The van der Waals surface area contributed by atoms with Crippen LogP contribution >= 0.6 is 0 Å². The minimum Gasteiger partial charge on any atom is -0.489 e. The molecule has 0 amide bonds. The fourth-order valence-electron chi connectivity index (χ4n) is 5.80. The Bertz CT molecular complexity index is 1270. The molecule has 0 heterocycles. The zero-order valence-corrected chi connectivity index (χ0v) is 23.5. The van der Waals surface area contributed by atoms with Crippen LogP contribution in [0.2, 0.25) is 0 Å². The first-order valence-corrected chi connectivity index (χ1v) is 13.6. The lowest BCUT2D eigenvalue weighted by atomic mass is 9.86. The van der Waals surface area contributed by atoms with Crippen molar-refractivity contribution in [3.05, 3.63) is 59.2 Å². The van der Waals surface area contributed by atoms with Gasteiger partial charge in [0.2, 0.25) is 0 Å². The fraction of sp³-hybridized carbons (Fsp3) is 0.500. The fourth-order valence-corrected chi connectivity index (χ4v) is 5.80. The lowest BCUT2D eigenvalue weighted by molar-refractivity contribution is -0.145. The minimum absolute atomic E-state index is 0.246. The van der Waals surface area contributed by atoms with Gasteiger partial charge in [0, 0.05) is 33.0 Å². The highest BCUT2D eigenvalue weighted by atomic mass is 16.6. The van der Waals surface area contributed by atoms with E-state index < -0.39 is 24.1 Å². The number of carbonyl (C=O) groups is 2. The Morgan fingerprint density at radius 1 is 0.868 bits per heavy atom. The molecule has 5 atom stereocenters. The largest absolute Gasteiger partial charge is 0.489 e. The van der Waals surface area contributed by atoms with Crippen molar-refractivity contribution >= 4 is 22.7 Å². The average Bonchev–Trinajstić information content (AvgIpc) is 3.37. The molecule has 0 spiro atoms. The third-order valence-corrected chi connectivity index (χ3v) is 7.80. The van der Waals surface area contributed by atoms with Gasteiger partial charge in [0.05, 0.1) is 0 Å². The normalized spacial score (nSPS) is 20.9. The van der Waals surface area contributed by atoms with Gasteiger partial charge in [-0.3, -0.25) is 0 Å². The van der Waals surface area contributed by atoms with Gasteiger partial charge in [-0.25, -0.2) is 9.59 Å². The van der Waals surface area contributed by atoms with E-state index in [1.54, 1.807) is 13.8 Å². The van der Waals surface area contributed by atoms with Crippen LogP contribution in [0.1, 0.15) is 82.9 Å². The number of ether oxygens (including phenoxy) is 4. The van der Waals surface area contributed by atoms with E-state index in [1.807, 2.05) is 13.8 Å².